The number of nitrogens with one attached hydrogen (secondary N) is 2. The second kappa shape index (κ2) is 12.4. The summed E-state index contributed by atoms with van der Waals surface area (Å²) in [7, 11) is 3.55. The number of thiophene rings is 1. The van der Waals surface area contributed by atoms with Gasteiger partial charge in [-0.1, -0.05) is 30.3 Å². The minimum atomic E-state index is 0. The fourth-order valence-electron chi connectivity index (χ4n) is 3.51. The molecule has 2 N–H and O–H groups in total. The van der Waals surface area contributed by atoms with E-state index in [2.05, 4.69) is 62.3 Å². The topological polar surface area (TPSA) is 48.9 Å². The quantitative estimate of drug-likeness (QED) is 0.244. The van der Waals surface area contributed by atoms with Crippen LogP contribution >= 0.6 is 35.3 Å². The number of guanidine groups is 1. The van der Waals surface area contributed by atoms with Gasteiger partial charge in [0, 0.05) is 51.8 Å². The highest BCUT2D eigenvalue weighted by atomic mass is 127. The van der Waals surface area contributed by atoms with Crippen LogP contribution in [0, 0.1) is 0 Å². The fraction of sp³-hybridized carbons (Fsp3) is 0.476. The summed E-state index contributed by atoms with van der Waals surface area (Å²) in [6.45, 7) is 4.54. The molecule has 1 aromatic heterocycles. The first-order chi connectivity index (χ1) is 13.3. The number of halogens is 1. The van der Waals surface area contributed by atoms with Crippen LogP contribution in [0.4, 0.5) is 0 Å². The summed E-state index contributed by atoms with van der Waals surface area (Å²) >= 11 is 1.89. The van der Waals surface area contributed by atoms with Crippen molar-refractivity contribution in [2.24, 2.45) is 4.99 Å². The molecule has 28 heavy (non-hydrogen) atoms. The molecule has 3 rings (SSSR count). The average molecular weight is 514 g/mol. The summed E-state index contributed by atoms with van der Waals surface area (Å²) in [4.78, 5) is 8.48. The van der Waals surface area contributed by atoms with Crippen molar-refractivity contribution in [2.45, 2.75) is 25.4 Å². The molecule has 0 amide bonds. The van der Waals surface area contributed by atoms with Gasteiger partial charge in [0.1, 0.15) is 0 Å². The van der Waals surface area contributed by atoms with Crippen LogP contribution in [-0.2, 0) is 17.7 Å². The molecule has 0 saturated heterocycles. The van der Waals surface area contributed by atoms with E-state index in [4.69, 9.17) is 4.74 Å². The number of fused-ring (bicyclic) bond motifs is 1. The van der Waals surface area contributed by atoms with Crippen molar-refractivity contribution in [2.75, 3.05) is 40.4 Å². The van der Waals surface area contributed by atoms with Crippen LogP contribution in [0.25, 0.3) is 0 Å². The maximum atomic E-state index is 5.11. The molecule has 0 radical (unpaired) electrons. The third-order valence-electron chi connectivity index (χ3n) is 4.97. The Balaban J connectivity index is 0.00000280. The zero-order chi connectivity index (χ0) is 18.9. The third kappa shape index (κ3) is 6.43. The molecule has 1 aliphatic heterocycles. The molecule has 0 bridgehead atoms. The molecule has 0 aliphatic carbocycles. The van der Waals surface area contributed by atoms with Gasteiger partial charge in [0.15, 0.2) is 5.96 Å². The predicted molar refractivity (Wildman–Crippen MR) is 129 cm³/mol. The van der Waals surface area contributed by atoms with Gasteiger partial charge < -0.3 is 15.4 Å². The van der Waals surface area contributed by atoms with E-state index in [-0.39, 0.29) is 24.0 Å². The summed E-state index contributed by atoms with van der Waals surface area (Å²) in [5.41, 5.74) is 2.83. The molecule has 1 aromatic carbocycles. The zero-order valence-electron chi connectivity index (χ0n) is 16.7. The molecule has 5 nitrogen and oxygen atoms in total. The third-order valence-corrected chi connectivity index (χ3v) is 5.99. The summed E-state index contributed by atoms with van der Waals surface area (Å²) in [6.07, 6.45) is 2.10. The number of aliphatic imine (C=N–C) groups is 1. The molecule has 1 aliphatic rings. The van der Waals surface area contributed by atoms with Gasteiger partial charge in [-0.05, 0) is 35.4 Å². The molecular formula is C21H31IN4OS. The van der Waals surface area contributed by atoms with E-state index in [1.807, 2.05) is 18.4 Å². The Labute approximate surface area is 189 Å². The van der Waals surface area contributed by atoms with Gasteiger partial charge in [-0.2, -0.15) is 0 Å². The smallest absolute Gasteiger partial charge is 0.191 e. The maximum absolute atomic E-state index is 5.11. The standard InChI is InChI=1S/C21H30N4OS.HI/c1-22-21(23-11-6-13-26-2)24-15-19(17-7-4-3-5-8-17)25-12-9-20-18(16-25)10-14-27-20;/h3-5,7-8,10,14,19H,6,9,11-13,15-16H2,1-2H3,(H2,22,23,24);1H. The number of hydrogen-bond donors (Lipinski definition) is 2. The lowest BCUT2D eigenvalue weighted by Crippen LogP contribution is -2.44. The number of benzene rings is 1. The van der Waals surface area contributed by atoms with E-state index < -0.39 is 0 Å². The van der Waals surface area contributed by atoms with Crippen molar-refractivity contribution in [3.8, 4) is 0 Å². The average Bonchev–Trinajstić information content (AvgIpc) is 3.18. The summed E-state index contributed by atoms with van der Waals surface area (Å²) in [5.74, 6) is 0.847. The molecule has 154 valence electrons. The minimum absolute atomic E-state index is 0. The Kier molecular flexibility index (Phi) is 10.3. The normalized spacial score (nSPS) is 15.4. The molecule has 1 unspecified atom stereocenters. The second-order valence-corrected chi connectivity index (χ2v) is 7.74. The molecule has 2 heterocycles. The zero-order valence-corrected chi connectivity index (χ0v) is 19.8. The minimum Gasteiger partial charge on any atom is -0.385 e. The van der Waals surface area contributed by atoms with Gasteiger partial charge in [-0.3, -0.25) is 9.89 Å². The summed E-state index contributed by atoms with van der Waals surface area (Å²) < 4.78 is 5.11. The van der Waals surface area contributed by atoms with Crippen LogP contribution in [0.2, 0.25) is 0 Å². The lowest BCUT2D eigenvalue weighted by Gasteiger charge is -2.35. The lowest BCUT2D eigenvalue weighted by molar-refractivity contribution is 0.180. The van der Waals surface area contributed by atoms with Gasteiger partial charge in [0.05, 0.1) is 6.04 Å². The summed E-state index contributed by atoms with van der Waals surface area (Å²) in [5, 5.41) is 9.10. The Morgan fingerprint density at radius 3 is 2.82 bits per heavy atom. The van der Waals surface area contributed by atoms with Gasteiger partial charge in [-0.15, -0.1) is 35.3 Å². The first kappa shape index (κ1) is 23.1. The highest BCUT2D eigenvalue weighted by Gasteiger charge is 2.25. The highest BCUT2D eigenvalue weighted by Crippen LogP contribution is 2.30. The Hall–Kier alpha value is -1.16. The first-order valence-corrected chi connectivity index (χ1v) is 10.5. The van der Waals surface area contributed by atoms with Crippen molar-refractivity contribution in [1.82, 2.24) is 15.5 Å². The number of rotatable bonds is 8. The van der Waals surface area contributed by atoms with E-state index >= 15 is 0 Å². The first-order valence-electron chi connectivity index (χ1n) is 9.59. The van der Waals surface area contributed by atoms with Crippen LogP contribution < -0.4 is 10.6 Å². The van der Waals surface area contributed by atoms with E-state index in [0.29, 0.717) is 6.04 Å². The van der Waals surface area contributed by atoms with Crippen LogP contribution in [0.5, 0.6) is 0 Å². The van der Waals surface area contributed by atoms with Crippen LogP contribution in [-0.4, -0.2) is 51.3 Å². The number of hydrogen-bond acceptors (Lipinski definition) is 4. The second-order valence-electron chi connectivity index (χ2n) is 6.74. The summed E-state index contributed by atoms with van der Waals surface area (Å²) in [6, 6.07) is 13.4. The van der Waals surface area contributed by atoms with E-state index in [1.54, 1.807) is 12.0 Å². The highest BCUT2D eigenvalue weighted by molar-refractivity contribution is 14.0. The van der Waals surface area contributed by atoms with E-state index in [1.165, 1.54) is 11.1 Å². The van der Waals surface area contributed by atoms with E-state index in [9.17, 15) is 0 Å². The largest absolute Gasteiger partial charge is 0.385 e. The van der Waals surface area contributed by atoms with Crippen molar-refractivity contribution in [3.05, 3.63) is 57.8 Å². The Morgan fingerprint density at radius 2 is 2.07 bits per heavy atom. The van der Waals surface area contributed by atoms with Gasteiger partial charge >= 0.3 is 0 Å². The molecule has 1 atom stereocenters. The Morgan fingerprint density at radius 1 is 1.25 bits per heavy atom. The monoisotopic (exact) mass is 514 g/mol. The fourth-order valence-corrected chi connectivity index (χ4v) is 4.40. The maximum Gasteiger partial charge on any atom is 0.191 e. The SMILES string of the molecule is CN=C(NCCCOC)NCC(c1ccccc1)N1CCc2sccc2C1.I. The van der Waals surface area contributed by atoms with Crippen LogP contribution in [0.3, 0.4) is 0 Å². The van der Waals surface area contributed by atoms with Gasteiger partial charge in [-0.25, -0.2) is 0 Å². The number of nitrogens with zero attached hydrogens (tertiary/aromatic N) is 2. The van der Waals surface area contributed by atoms with Gasteiger partial charge in [0.2, 0.25) is 0 Å². The van der Waals surface area contributed by atoms with Crippen LogP contribution in [0.1, 0.15) is 28.5 Å². The van der Waals surface area contributed by atoms with Crippen molar-refractivity contribution in [1.29, 1.82) is 0 Å². The van der Waals surface area contributed by atoms with Gasteiger partial charge in [0.25, 0.3) is 0 Å². The molecule has 0 spiro atoms. The number of methoxy groups -OCH3 is 1. The molecular weight excluding hydrogens is 483 g/mol. The van der Waals surface area contributed by atoms with Crippen molar-refractivity contribution in [3.63, 3.8) is 0 Å². The molecule has 0 fully saturated rings. The Bertz CT molecular complexity index is 722. The van der Waals surface area contributed by atoms with Crippen molar-refractivity contribution >= 4 is 41.3 Å². The molecule has 2 aromatic rings. The van der Waals surface area contributed by atoms with Crippen molar-refractivity contribution < 1.29 is 4.74 Å². The number of ether oxygens (including phenoxy) is 1. The molecule has 0 saturated carbocycles. The lowest BCUT2D eigenvalue weighted by atomic mass is 10.0. The van der Waals surface area contributed by atoms with E-state index in [0.717, 1.165) is 51.6 Å². The molecule has 7 heteroatoms. The predicted octanol–water partition coefficient (Wildman–Crippen LogP) is 3.67. The van der Waals surface area contributed by atoms with Crippen LogP contribution in [0.15, 0.2) is 46.8 Å².